The smallest absolute Gasteiger partial charge is 0.241 e. The Hall–Kier alpha value is -1.03. The Morgan fingerprint density at radius 2 is 1.62 bits per heavy atom. The van der Waals surface area contributed by atoms with Crippen LogP contribution in [0.2, 0.25) is 0 Å². The zero-order valence-corrected chi connectivity index (χ0v) is 17.3. The van der Waals surface area contributed by atoms with E-state index >= 15 is 0 Å². The normalized spacial score (nSPS) is 15.2. The molecule has 0 aromatic heterocycles. The SMILES string of the molecule is C=C(NCC(=O)N(C)C(C(C)CC)C(CC)CC)C(NC)C(C)C. The highest BCUT2D eigenvalue weighted by Gasteiger charge is 2.30. The van der Waals surface area contributed by atoms with Crippen LogP contribution in [0.15, 0.2) is 12.3 Å². The largest absolute Gasteiger partial charge is 0.379 e. The second kappa shape index (κ2) is 11.5. The Balaban J connectivity index is 4.90. The maximum Gasteiger partial charge on any atom is 0.241 e. The van der Waals surface area contributed by atoms with Crippen molar-refractivity contribution in [3.05, 3.63) is 12.3 Å². The van der Waals surface area contributed by atoms with E-state index in [-0.39, 0.29) is 11.9 Å². The summed E-state index contributed by atoms with van der Waals surface area (Å²) in [6, 6.07) is 0.477. The van der Waals surface area contributed by atoms with Gasteiger partial charge in [0.1, 0.15) is 0 Å². The number of carbonyl (C=O) groups is 1. The molecule has 24 heavy (non-hydrogen) atoms. The fraction of sp³-hybridized carbons (Fsp3) is 0.850. The molecule has 0 aliphatic carbocycles. The molecule has 3 unspecified atom stereocenters. The third-order valence-corrected chi connectivity index (χ3v) is 5.42. The van der Waals surface area contributed by atoms with E-state index in [9.17, 15) is 4.79 Å². The maximum absolute atomic E-state index is 12.7. The molecule has 0 rings (SSSR count). The lowest BCUT2D eigenvalue weighted by Crippen LogP contribution is -2.49. The van der Waals surface area contributed by atoms with Gasteiger partial charge in [-0.15, -0.1) is 0 Å². The molecule has 0 heterocycles. The summed E-state index contributed by atoms with van der Waals surface area (Å²) in [5, 5.41) is 6.49. The van der Waals surface area contributed by atoms with Gasteiger partial charge in [0, 0.05) is 24.8 Å². The van der Waals surface area contributed by atoms with E-state index in [0.29, 0.717) is 30.3 Å². The molecular weight excluding hydrogens is 298 g/mol. The molecule has 0 saturated heterocycles. The van der Waals surface area contributed by atoms with Crippen LogP contribution in [0.1, 0.15) is 60.8 Å². The lowest BCUT2D eigenvalue weighted by Gasteiger charge is -2.38. The van der Waals surface area contributed by atoms with E-state index in [1.165, 1.54) is 0 Å². The zero-order valence-electron chi connectivity index (χ0n) is 17.3. The molecule has 0 bridgehead atoms. The lowest BCUT2D eigenvalue weighted by atomic mass is 9.83. The van der Waals surface area contributed by atoms with Gasteiger partial charge in [-0.2, -0.15) is 0 Å². The molecule has 1 amide bonds. The number of amides is 1. The Bertz CT molecular complexity index is 377. The van der Waals surface area contributed by atoms with Gasteiger partial charge >= 0.3 is 0 Å². The van der Waals surface area contributed by atoms with Crippen LogP contribution in [0.25, 0.3) is 0 Å². The zero-order chi connectivity index (χ0) is 18.9. The Morgan fingerprint density at radius 3 is 2.00 bits per heavy atom. The molecule has 4 heteroatoms. The topological polar surface area (TPSA) is 44.4 Å². The number of hydrogen-bond donors (Lipinski definition) is 2. The van der Waals surface area contributed by atoms with Crippen molar-refractivity contribution in [2.75, 3.05) is 20.6 Å². The van der Waals surface area contributed by atoms with Gasteiger partial charge in [0.15, 0.2) is 0 Å². The van der Waals surface area contributed by atoms with Crippen LogP contribution in [0.5, 0.6) is 0 Å². The molecule has 0 saturated carbocycles. The third-order valence-electron chi connectivity index (χ3n) is 5.42. The standard InChI is InChI=1S/C20H41N3O/c1-10-15(6)20(17(11-2)12-3)23(9)18(24)13-22-16(7)19(21-8)14(4)5/h14-15,17,19-22H,7,10-13H2,1-6,8-9H3. The van der Waals surface area contributed by atoms with Gasteiger partial charge in [0.25, 0.3) is 0 Å². The van der Waals surface area contributed by atoms with Crippen molar-refractivity contribution in [1.29, 1.82) is 0 Å². The van der Waals surface area contributed by atoms with Crippen molar-refractivity contribution in [3.63, 3.8) is 0 Å². The fourth-order valence-electron chi connectivity index (χ4n) is 3.68. The number of likely N-dealkylation sites (N-methyl/N-ethyl adjacent to an activating group) is 2. The summed E-state index contributed by atoms with van der Waals surface area (Å²) in [7, 11) is 3.89. The molecule has 0 fully saturated rings. The average molecular weight is 340 g/mol. The van der Waals surface area contributed by atoms with E-state index in [4.69, 9.17) is 0 Å². The summed E-state index contributed by atoms with van der Waals surface area (Å²) >= 11 is 0. The molecule has 0 spiro atoms. The number of rotatable bonds is 12. The lowest BCUT2D eigenvalue weighted by molar-refractivity contribution is -0.133. The first-order valence-corrected chi connectivity index (χ1v) is 9.60. The number of carbonyl (C=O) groups excluding carboxylic acids is 1. The molecule has 3 atom stereocenters. The van der Waals surface area contributed by atoms with Crippen LogP contribution >= 0.6 is 0 Å². The van der Waals surface area contributed by atoms with Crippen molar-refractivity contribution in [1.82, 2.24) is 15.5 Å². The van der Waals surface area contributed by atoms with Crippen LogP contribution < -0.4 is 10.6 Å². The summed E-state index contributed by atoms with van der Waals surface area (Å²) in [5.74, 6) is 1.64. The van der Waals surface area contributed by atoms with Crippen LogP contribution in [-0.2, 0) is 4.79 Å². The van der Waals surface area contributed by atoms with Crippen LogP contribution in [0, 0.1) is 17.8 Å². The van der Waals surface area contributed by atoms with Gasteiger partial charge in [0.2, 0.25) is 5.91 Å². The minimum absolute atomic E-state index is 0.145. The molecular formula is C20H41N3O. The average Bonchev–Trinajstić information content (AvgIpc) is 2.56. The van der Waals surface area contributed by atoms with Gasteiger partial charge in [-0.3, -0.25) is 4.79 Å². The van der Waals surface area contributed by atoms with E-state index in [1.54, 1.807) is 0 Å². The summed E-state index contributed by atoms with van der Waals surface area (Å²) in [5.41, 5.74) is 0.886. The van der Waals surface area contributed by atoms with Crippen LogP contribution in [0.3, 0.4) is 0 Å². The van der Waals surface area contributed by atoms with Crippen LogP contribution in [0.4, 0.5) is 0 Å². The second-order valence-electron chi connectivity index (χ2n) is 7.35. The highest BCUT2D eigenvalue weighted by Crippen LogP contribution is 2.26. The monoisotopic (exact) mass is 339 g/mol. The quantitative estimate of drug-likeness (QED) is 0.570. The first-order chi connectivity index (χ1) is 11.2. The van der Waals surface area contributed by atoms with Crippen molar-refractivity contribution in [3.8, 4) is 0 Å². The number of hydrogen-bond acceptors (Lipinski definition) is 3. The van der Waals surface area contributed by atoms with Crippen molar-refractivity contribution >= 4 is 5.91 Å². The van der Waals surface area contributed by atoms with Crippen molar-refractivity contribution < 1.29 is 4.79 Å². The Labute approximate surface area is 150 Å². The Morgan fingerprint density at radius 1 is 1.08 bits per heavy atom. The van der Waals surface area contributed by atoms with E-state index < -0.39 is 0 Å². The number of nitrogens with zero attached hydrogens (tertiary/aromatic N) is 1. The molecule has 0 aromatic rings. The Kier molecular flexibility index (Phi) is 11.0. The predicted octanol–water partition coefficient (Wildman–Crippen LogP) is 3.64. The second-order valence-corrected chi connectivity index (χ2v) is 7.35. The van der Waals surface area contributed by atoms with E-state index in [0.717, 1.165) is 25.0 Å². The highest BCUT2D eigenvalue weighted by atomic mass is 16.2. The molecule has 142 valence electrons. The van der Waals surface area contributed by atoms with Gasteiger partial charge in [0.05, 0.1) is 6.54 Å². The summed E-state index contributed by atoms with van der Waals surface area (Å²) in [6.45, 7) is 17.6. The maximum atomic E-state index is 12.7. The minimum atomic E-state index is 0.145. The van der Waals surface area contributed by atoms with Crippen LogP contribution in [-0.4, -0.2) is 43.5 Å². The molecule has 4 nitrogen and oxygen atoms in total. The molecule has 0 aliphatic heterocycles. The summed E-state index contributed by atoms with van der Waals surface area (Å²) in [4.78, 5) is 14.7. The highest BCUT2D eigenvalue weighted by molar-refractivity contribution is 5.78. The van der Waals surface area contributed by atoms with E-state index in [1.807, 2.05) is 19.0 Å². The first kappa shape index (κ1) is 23.0. The van der Waals surface area contributed by atoms with Gasteiger partial charge in [-0.05, 0) is 24.8 Å². The fourth-order valence-corrected chi connectivity index (χ4v) is 3.68. The predicted molar refractivity (Wildman–Crippen MR) is 105 cm³/mol. The van der Waals surface area contributed by atoms with E-state index in [2.05, 4.69) is 58.8 Å². The summed E-state index contributed by atoms with van der Waals surface area (Å²) in [6.07, 6.45) is 3.31. The summed E-state index contributed by atoms with van der Waals surface area (Å²) < 4.78 is 0. The minimum Gasteiger partial charge on any atom is -0.379 e. The van der Waals surface area contributed by atoms with Gasteiger partial charge in [-0.25, -0.2) is 0 Å². The van der Waals surface area contributed by atoms with Gasteiger partial charge < -0.3 is 15.5 Å². The van der Waals surface area contributed by atoms with Crippen molar-refractivity contribution in [2.24, 2.45) is 17.8 Å². The third kappa shape index (κ3) is 6.46. The molecule has 0 aliphatic rings. The molecule has 2 N–H and O–H groups in total. The number of nitrogens with one attached hydrogen (secondary N) is 2. The van der Waals surface area contributed by atoms with Gasteiger partial charge in [-0.1, -0.05) is 67.4 Å². The first-order valence-electron chi connectivity index (χ1n) is 9.60. The van der Waals surface area contributed by atoms with Crippen molar-refractivity contribution in [2.45, 2.75) is 72.9 Å². The molecule has 0 aromatic carbocycles. The molecule has 0 radical (unpaired) electrons.